The predicted octanol–water partition coefficient (Wildman–Crippen LogP) is 9.05. The molecule has 1 aliphatic heterocycles. The van der Waals surface area contributed by atoms with E-state index >= 15 is 0 Å². The van der Waals surface area contributed by atoms with Crippen molar-refractivity contribution in [1.82, 2.24) is 14.7 Å². The maximum atomic E-state index is 12.5. The number of allylic oxidation sites excluding steroid dienone is 1. The van der Waals surface area contributed by atoms with Gasteiger partial charge < -0.3 is 19.1 Å². The number of fused-ring (bicyclic) bond motifs is 1. The average Bonchev–Trinajstić information content (AvgIpc) is 3.46. The molecule has 45 heavy (non-hydrogen) atoms. The van der Waals surface area contributed by atoms with E-state index in [4.69, 9.17) is 19.3 Å². The number of nitrogens with zero attached hydrogens (tertiary/aromatic N) is 3. The van der Waals surface area contributed by atoms with E-state index in [0.717, 1.165) is 60.1 Å². The number of carbonyl (C=O) groups excluding carboxylic acids is 1. The molecule has 5 rings (SSSR count). The highest BCUT2D eigenvalue weighted by atomic mass is 16.6. The molecule has 0 spiro atoms. The molecule has 1 atom stereocenters. The van der Waals surface area contributed by atoms with Crippen LogP contribution in [0.15, 0.2) is 72.9 Å². The molecule has 1 aromatic heterocycles. The van der Waals surface area contributed by atoms with Crippen molar-refractivity contribution in [3.8, 4) is 5.75 Å². The molecule has 1 saturated heterocycles. The minimum atomic E-state index is -0.531. The van der Waals surface area contributed by atoms with E-state index in [1.165, 1.54) is 22.3 Å². The Bertz CT molecular complexity index is 1630. The normalized spacial score (nSPS) is 15.9. The Balaban J connectivity index is 1.44. The summed E-state index contributed by atoms with van der Waals surface area (Å²) in [6.07, 6.45) is 5.77. The van der Waals surface area contributed by atoms with E-state index in [1.54, 1.807) is 4.90 Å². The zero-order valence-electron chi connectivity index (χ0n) is 27.6. The average molecular weight is 610 g/mol. The van der Waals surface area contributed by atoms with Crippen LogP contribution in [0.2, 0.25) is 0 Å². The quantitative estimate of drug-likeness (QED) is 0.168. The summed E-state index contributed by atoms with van der Waals surface area (Å²) in [5, 5.41) is 5.84. The summed E-state index contributed by atoms with van der Waals surface area (Å²) >= 11 is 0. The maximum Gasteiger partial charge on any atom is 0.410 e. The summed E-state index contributed by atoms with van der Waals surface area (Å²) in [7, 11) is 0. The monoisotopic (exact) mass is 609 g/mol. The van der Waals surface area contributed by atoms with Gasteiger partial charge in [0.05, 0.1) is 18.3 Å². The van der Waals surface area contributed by atoms with Crippen LogP contribution in [0.1, 0.15) is 88.8 Å². The lowest BCUT2D eigenvalue weighted by atomic mass is 9.86. The minimum Gasteiger partial charge on any atom is -0.492 e. The Labute approximate surface area is 267 Å². The van der Waals surface area contributed by atoms with Crippen LogP contribution in [0.25, 0.3) is 22.0 Å². The fourth-order valence-electron chi connectivity index (χ4n) is 5.98. The number of likely N-dealkylation sites (N-methyl/N-ethyl adjacent to an activating group) is 1. The number of rotatable bonds is 10. The number of ether oxygens (including phenoxy) is 3. The number of hydrogen-bond donors (Lipinski definition) is 0. The second kappa shape index (κ2) is 14.3. The zero-order valence-corrected chi connectivity index (χ0v) is 27.6. The molecular weight excluding hydrogens is 562 g/mol. The van der Waals surface area contributed by atoms with Crippen molar-refractivity contribution in [1.29, 1.82) is 0 Å². The number of benzene rings is 3. The summed E-state index contributed by atoms with van der Waals surface area (Å²) in [6.45, 7) is 14.1. The number of aromatic nitrogens is 2. The van der Waals surface area contributed by atoms with Gasteiger partial charge in [0.2, 0.25) is 0 Å². The molecule has 0 radical (unpaired) electrons. The van der Waals surface area contributed by atoms with Crippen molar-refractivity contribution >= 4 is 28.1 Å². The number of aryl methyl sites for hydroxylation is 1. The topological polar surface area (TPSA) is 65.8 Å². The van der Waals surface area contributed by atoms with E-state index in [-0.39, 0.29) is 12.3 Å². The third-order valence-corrected chi connectivity index (χ3v) is 8.24. The van der Waals surface area contributed by atoms with Crippen LogP contribution >= 0.6 is 0 Å². The second-order valence-corrected chi connectivity index (χ2v) is 12.6. The number of hydrogen-bond acceptors (Lipinski definition) is 5. The van der Waals surface area contributed by atoms with Crippen molar-refractivity contribution in [3.05, 3.63) is 95.2 Å². The Morgan fingerprint density at radius 1 is 1.02 bits per heavy atom. The first kappa shape index (κ1) is 32.3. The Morgan fingerprint density at radius 3 is 2.44 bits per heavy atom. The second-order valence-electron chi connectivity index (χ2n) is 12.6. The highest BCUT2D eigenvalue weighted by molar-refractivity contribution is 6.01. The van der Waals surface area contributed by atoms with Crippen molar-refractivity contribution in [2.75, 3.05) is 26.3 Å². The van der Waals surface area contributed by atoms with Crippen LogP contribution in [0.4, 0.5) is 4.79 Å². The van der Waals surface area contributed by atoms with Crippen LogP contribution in [0.5, 0.6) is 5.75 Å². The SMILES string of the molecule is CC/C(=C(/c1ccc(OCCN(CC)C(=O)OC(C)(C)C)cc1)c1ccc2c(cnn2C2CCCCO2)c1)c1ccccc1C. The smallest absolute Gasteiger partial charge is 0.410 e. The molecule has 7 nitrogen and oxygen atoms in total. The molecule has 4 aromatic rings. The molecule has 0 saturated carbocycles. The van der Waals surface area contributed by atoms with E-state index in [9.17, 15) is 4.79 Å². The molecule has 1 amide bonds. The zero-order chi connectivity index (χ0) is 32.0. The lowest BCUT2D eigenvalue weighted by Gasteiger charge is -2.26. The molecule has 238 valence electrons. The van der Waals surface area contributed by atoms with Crippen LogP contribution in [0, 0.1) is 6.92 Å². The van der Waals surface area contributed by atoms with Gasteiger partial charge in [-0.1, -0.05) is 49.4 Å². The molecule has 2 heterocycles. The number of amides is 1. The first-order chi connectivity index (χ1) is 21.7. The van der Waals surface area contributed by atoms with Gasteiger partial charge in [-0.3, -0.25) is 0 Å². The fraction of sp³-hybridized carbons (Fsp3) is 0.421. The summed E-state index contributed by atoms with van der Waals surface area (Å²) in [6, 6.07) is 23.5. The Kier molecular flexibility index (Phi) is 10.3. The molecular formula is C38H47N3O4. The van der Waals surface area contributed by atoms with Crippen molar-refractivity contribution in [2.24, 2.45) is 0 Å². The van der Waals surface area contributed by atoms with Gasteiger partial charge in [-0.15, -0.1) is 0 Å². The van der Waals surface area contributed by atoms with Crippen LogP contribution < -0.4 is 4.74 Å². The van der Waals surface area contributed by atoms with Gasteiger partial charge in [0, 0.05) is 18.5 Å². The molecule has 1 fully saturated rings. The maximum absolute atomic E-state index is 12.5. The van der Waals surface area contributed by atoms with E-state index in [2.05, 4.69) is 68.4 Å². The standard InChI is InChI=1S/C38H47N3O4/c1-7-32(33-14-10-9-13-27(33)3)36(29-18-21-34-30(25-29)26-39-41(34)35-15-11-12-23-44-35)28-16-19-31(20-17-28)43-24-22-40(8-2)37(42)45-38(4,5)6/h9-10,13-14,16-21,25-26,35H,7-8,11-12,15,22-24H2,1-6H3/b36-32+. The highest BCUT2D eigenvalue weighted by Gasteiger charge is 2.22. The molecule has 1 aliphatic rings. The molecule has 0 aliphatic carbocycles. The molecule has 0 N–H and O–H groups in total. The largest absolute Gasteiger partial charge is 0.492 e. The van der Waals surface area contributed by atoms with Gasteiger partial charge in [0.1, 0.15) is 18.0 Å². The minimum absolute atomic E-state index is 0.00336. The van der Waals surface area contributed by atoms with Crippen LogP contribution in [0.3, 0.4) is 0 Å². The van der Waals surface area contributed by atoms with Crippen molar-refractivity contribution in [2.45, 2.75) is 79.1 Å². The summed E-state index contributed by atoms with van der Waals surface area (Å²) in [5.74, 6) is 0.761. The third-order valence-electron chi connectivity index (χ3n) is 8.24. The van der Waals surface area contributed by atoms with Gasteiger partial charge >= 0.3 is 6.09 Å². The van der Waals surface area contributed by atoms with Gasteiger partial charge in [-0.2, -0.15) is 5.10 Å². The summed E-state index contributed by atoms with van der Waals surface area (Å²) in [4.78, 5) is 14.2. The first-order valence-electron chi connectivity index (χ1n) is 16.3. The molecule has 1 unspecified atom stereocenters. The van der Waals surface area contributed by atoms with Gasteiger partial charge in [-0.05, 0) is 118 Å². The summed E-state index contributed by atoms with van der Waals surface area (Å²) < 4.78 is 19.7. The van der Waals surface area contributed by atoms with Gasteiger partial charge in [0.15, 0.2) is 6.23 Å². The fourth-order valence-corrected chi connectivity index (χ4v) is 5.98. The van der Waals surface area contributed by atoms with Crippen molar-refractivity contribution < 1.29 is 19.0 Å². The first-order valence-corrected chi connectivity index (χ1v) is 16.3. The van der Waals surface area contributed by atoms with Crippen LogP contribution in [-0.2, 0) is 9.47 Å². The lowest BCUT2D eigenvalue weighted by Crippen LogP contribution is -2.38. The Hall–Kier alpha value is -4.10. The van der Waals surface area contributed by atoms with Crippen LogP contribution in [-0.4, -0.2) is 52.7 Å². The molecule has 0 bridgehead atoms. The highest BCUT2D eigenvalue weighted by Crippen LogP contribution is 2.38. The molecule has 3 aromatic carbocycles. The Morgan fingerprint density at radius 2 is 1.78 bits per heavy atom. The lowest BCUT2D eigenvalue weighted by molar-refractivity contribution is -0.0366. The van der Waals surface area contributed by atoms with E-state index in [0.29, 0.717) is 19.7 Å². The van der Waals surface area contributed by atoms with E-state index < -0.39 is 5.60 Å². The third kappa shape index (κ3) is 7.77. The predicted molar refractivity (Wildman–Crippen MR) is 181 cm³/mol. The van der Waals surface area contributed by atoms with Gasteiger partial charge in [0.25, 0.3) is 0 Å². The van der Waals surface area contributed by atoms with Gasteiger partial charge in [-0.25, -0.2) is 9.48 Å². The van der Waals surface area contributed by atoms with Crippen molar-refractivity contribution in [3.63, 3.8) is 0 Å². The van der Waals surface area contributed by atoms with E-state index in [1.807, 2.05) is 50.7 Å². The number of carbonyl (C=O) groups is 1. The summed E-state index contributed by atoms with van der Waals surface area (Å²) in [5.41, 5.74) is 7.82. The molecule has 7 heteroatoms.